The molecule has 0 aromatic heterocycles. The van der Waals surface area contributed by atoms with E-state index < -0.39 is 0 Å². The first-order chi connectivity index (χ1) is 6.27. The minimum atomic E-state index is 0.478. The normalized spacial score (nSPS) is 9.69. The van der Waals surface area contributed by atoms with Gasteiger partial charge in [-0.05, 0) is 18.2 Å². The number of halogens is 1. The maximum Gasteiger partial charge on any atom is 0.124 e. The van der Waals surface area contributed by atoms with E-state index in [0.717, 1.165) is 15.8 Å². The molecule has 0 bridgehead atoms. The molecule has 0 saturated heterocycles. The van der Waals surface area contributed by atoms with Crippen LogP contribution < -0.4 is 10.5 Å². The fraction of sp³-hybridized carbons (Fsp3) is 0.200. The molecule has 1 rings (SSSR count). The first-order valence-corrected chi connectivity index (χ1v) is 4.79. The maximum absolute atomic E-state index is 5.56. The number of nitrogens with two attached hydrogens (primary N) is 1. The van der Waals surface area contributed by atoms with Crippen molar-refractivity contribution in [2.24, 2.45) is 5.73 Å². The van der Waals surface area contributed by atoms with Crippen molar-refractivity contribution in [1.29, 1.82) is 0 Å². The largest absolute Gasteiger partial charge is 0.489 e. The van der Waals surface area contributed by atoms with Gasteiger partial charge < -0.3 is 10.5 Å². The van der Waals surface area contributed by atoms with E-state index in [-0.39, 0.29) is 0 Å². The zero-order valence-corrected chi connectivity index (χ0v) is 8.88. The lowest BCUT2D eigenvalue weighted by molar-refractivity contribution is 0.359. The Kier molecular flexibility index (Phi) is 3.99. The van der Waals surface area contributed by atoms with E-state index in [1.807, 2.05) is 18.2 Å². The van der Waals surface area contributed by atoms with Crippen LogP contribution in [0.3, 0.4) is 0 Å². The summed E-state index contributed by atoms with van der Waals surface area (Å²) in [7, 11) is 0. The van der Waals surface area contributed by atoms with Crippen LogP contribution in [0.5, 0.6) is 5.75 Å². The first kappa shape index (κ1) is 10.3. The zero-order valence-electron chi connectivity index (χ0n) is 7.29. The Morgan fingerprint density at radius 3 is 2.92 bits per heavy atom. The van der Waals surface area contributed by atoms with Crippen molar-refractivity contribution in [3.63, 3.8) is 0 Å². The second-order valence-corrected chi connectivity index (χ2v) is 3.47. The van der Waals surface area contributed by atoms with Crippen molar-refractivity contribution < 1.29 is 4.74 Å². The SMILES string of the molecule is C=CCOc1ccc(Br)cc1CN. The summed E-state index contributed by atoms with van der Waals surface area (Å²) in [4.78, 5) is 0. The Morgan fingerprint density at radius 2 is 2.31 bits per heavy atom. The van der Waals surface area contributed by atoms with Gasteiger partial charge in [0, 0.05) is 16.6 Å². The van der Waals surface area contributed by atoms with Crippen LogP contribution in [0.15, 0.2) is 35.3 Å². The van der Waals surface area contributed by atoms with Gasteiger partial charge in [0.25, 0.3) is 0 Å². The van der Waals surface area contributed by atoms with Gasteiger partial charge in [-0.15, -0.1) is 0 Å². The third kappa shape index (κ3) is 2.86. The minimum Gasteiger partial charge on any atom is -0.489 e. The van der Waals surface area contributed by atoms with Crippen molar-refractivity contribution in [2.45, 2.75) is 6.54 Å². The summed E-state index contributed by atoms with van der Waals surface area (Å²) < 4.78 is 6.43. The molecule has 0 radical (unpaired) electrons. The smallest absolute Gasteiger partial charge is 0.124 e. The summed E-state index contributed by atoms with van der Waals surface area (Å²) in [6.07, 6.45) is 1.71. The molecule has 2 nitrogen and oxygen atoms in total. The molecule has 0 atom stereocenters. The second-order valence-electron chi connectivity index (χ2n) is 2.56. The lowest BCUT2D eigenvalue weighted by Crippen LogP contribution is -2.02. The molecule has 0 saturated carbocycles. The highest BCUT2D eigenvalue weighted by Gasteiger charge is 2.01. The Labute approximate surface area is 86.5 Å². The Bertz CT molecular complexity index is 299. The first-order valence-electron chi connectivity index (χ1n) is 4.00. The molecule has 1 aromatic carbocycles. The van der Waals surface area contributed by atoms with Crippen LogP contribution in [0.4, 0.5) is 0 Å². The molecule has 2 N–H and O–H groups in total. The lowest BCUT2D eigenvalue weighted by atomic mass is 10.2. The molecule has 1 aromatic rings. The Hall–Kier alpha value is -0.800. The molecular formula is C10H12BrNO. The van der Waals surface area contributed by atoms with Crippen LogP contribution in [-0.4, -0.2) is 6.61 Å². The molecule has 0 unspecified atom stereocenters. The van der Waals surface area contributed by atoms with Gasteiger partial charge in [-0.25, -0.2) is 0 Å². The van der Waals surface area contributed by atoms with Gasteiger partial charge in [0.05, 0.1) is 0 Å². The van der Waals surface area contributed by atoms with Gasteiger partial charge in [0.2, 0.25) is 0 Å². The van der Waals surface area contributed by atoms with Crippen molar-refractivity contribution in [3.8, 4) is 5.75 Å². The van der Waals surface area contributed by atoms with Crippen LogP contribution in [0.2, 0.25) is 0 Å². The third-order valence-electron chi connectivity index (χ3n) is 1.60. The molecular weight excluding hydrogens is 230 g/mol. The van der Waals surface area contributed by atoms with Crippen molar-refractivity contribution in [3.05, 3.63) is 40.9 Å². The van der Waals surface area contributed by atoms with Crippen LogP contribution in [0, 0.1) is 0 Å². The molecule has 70 valence electrons. The number of benzene rings is 1. The molecule has 0 aliphatic heterocycles. The van der Waals surface area contributed by atoms with Gasteiger partial charge in [0.15, 0.2) is 0 Å². The van der Waals surface area contributed by atoms with Crippen LogP contribution >= 0.6 is 15.9 Å². The molecule has 13 heavy (non-hydrogen) atoms. The van der Waals surface area contributed by atoms with E-state index in [1.54, 1.807) is 6.08 Å². The zero-order chi connectivity index (χ0) is 9.68. The fourth-order valence-electron chi connectivity index (χ4n) is 0.997. The predicted molar refractivity (Wildman–Crippen MR) is 57.7 cm³/mol. The second kappa shape index (κ2) is 5.04. The molecule has 3 heteroatoms. The van der Waals surface area contributed by atoms with Crippen molar-refractivity contribution in [2.75, 3.05) is 6.61 Å². The Balaban J connectivity index is 2.85. The number of ether oxygens (including phenoxy) is 1. The van der Waals surface area contributed by atoms with E-state index in [2.05, 4.69) is 22.5 Å². The van der Waals surface area contributed by atoms with Gasteiger partial charge in [0.1, 0.15) is 12.4 Å². The number of rotatable bonds is 4. The quantitative estimate of drug-likeness (QED) is 0.823. The maximum atomic E-state index is 5.56. The average molecular weight is 242 g/mol. The van der Waals surface area contributed by atoms with E-state index in [4.69, 9.17) is 10.5 Å². The highest BCUT2D eigenvalue weighted by atomic mass is 79.9. The molecule has 0 spiro atoms. The topological polar surface area (TPSA) is 35.2 Å². The summed E-state index contributed by atoms with van der Waals surface area (Å²) in [6.45, 7) is 4.57. The summed E-state index contributed by atoms with van der Waals surface area (Å²) in [6, 6.07) is 5.78. The molecule has 0 aliphatic rings. The van der Waals surface area contributed by atoms with E-state index in [1.165, 1.54) is 0 Å². The van der Waals surface area contributed by atoms with Crippen LogP contribution in [-0.2, 0) is 6.54 Å². The minimum absolute atomic E-state index is 0.478. The number of hydrogen-bond donors (Lipinski definition) is 1. The molecule has 0 fully saturated rings. The van der Waals surface area contributed by atoms with E-state index >= 15 is 0 Å². The van der Waals surface area contributed by atoms with Crippen molar-refractivity contribution >= 4 is 15.9 Å². The monoisotopic (exact) mass is 241 g/mol. The van der Waals surface area contributed by atoms with E-state index in [9.17, 15) is 0 Å². The van der Waals surface area contributed by atoms with Gasteiger partial charge in [-0.2, -0.15) is 0 Å². The summed E-state index contributed by atoms with van der Waals surface area (Å²) in [5.74, 6) is 0.825. The van der Waals surface area contributed by atoms with Crippen molar-refractivity contribution in [1.82, 2.24) is 0 Å². The highest BCUT2D eigenvalue weighted by Crippen LogP contribution is 2.22. The molecule has 0 amide bonds. The lowest BCUT2D eigenvalue weighted by Gasteiger charge is -2.08. The summed E-state index contributed by atoms with van der Waals surface area (Å²) >= 11 is 3.37. The van der Waals surface area contributed by atoms with E-state index in [0.29, 0.717) is 13.2 Å². The van der Waals surface area contributed by atoms with Crippen LogP contribution in [0.25, 0.3) is 0 Å². The molecule has 0 aliphatic carbocycles. The fourth-order valence-corrected chi connectivity index (χ4v) is 1.41. The summed E-state index contributed by atoms with van der Waals surface area (Å²) in [5, 5.41) is 0. The average Bonchev–Trinajstić information content (AvgIpc) is 2.16. The van der Waals surface area contributed by atoms with Gasteiger partial charge >= 0.3 is 0 Å². The Morgan fingerprint density at radius 1 is 1.54 bits per heavy atom. The predicted octanol–water partition coefficient (Wildman–Crippen LogP) is 2.47. The van der Waals surface area contributed by atoms with Crippen LogP contribution in [0.1, 0.15) is 5.56 Å². The van der Waals surface area contributed by atoms with Gasteiger partial charge in [-0.1, -0.05) is 28.6 Å². The highest BCUT2D eigenvalue weighted by molar-refractivity contribution is 9.10. The number of hydrogen-bond acceptors (Lipinski definition) is 2. The standard InChI is InChI=1S/C10H12BrNO/c1-2-5-13-10-4-3-9(11)6-8(10)7-12/h2-4,6H,1,5,7,12H2. The molecule has 0 heterocycles. The third-order valence-corrected chi connectivity index (χ3v) is 2.09. The summed E-state index contributed by atoms with van der Waals surface area (Å²) in [5.41, 5.74) is 6.56. The van der Waals surface area contributed by atoms with Gasteiger partial charge in [-0.3, -0.25) is 0 Å².